The molecule has 72 valence electrons. The lowest BCUT2D eigenvalue weighted by Gasteiger charge is -2.09. The van der Waals surface area contributed by atoms with Crippen LogP contribution in [0, 0.1) is 2.88 Å². The zero-order valence-corrected chi connectivity index (χ0v) is 11.6. The summed E-state index contributed by atoms with van der Waals surface area (Å²) < 4.78 is 5.97. The van der Waals surface area contributed by atoms with Crippen LogP contribution in [0.2, 0.25) is 0 Å². The predicted octanol–water partition coefficient (Wildman–Crippen LogP) is 4.35. The molecule has 0 aromatic carbocycles. The third kappa shape index (κ3) is 2.89. The summed E-state index contributed by atoms with van der Waals surface area (Å²) in [5, 5.41) is 0. The Bertz CT molecular complexity index is 317. The predicted molar refractivity (Wildman–Crippen MR) is 71.0 cm³/mol. The van der Waals surface area contributed by atoms with Gasteiger partial charge in [-0.2, -0.15) is 0 Å². The highest BCUT2D eigenvalue weighted by atomic mass is 127. The highest BCUT2D eigenvalue weighted by molar-refractivity contribution is 14.1. The Labute approximate surface area is 101 Å². The summed E-state index contributed by atoms with van der Waals surface area (Å²) in [5.41, 5.74) is 2.59. The zero-order chi connectivity index (χ0) is 9.84. The van der Waals surface area contributed by atoms with Crippen LogP contribution in [0.5, 0.6) is 0 Å². The van der Waals surface area contributed by atoms with Crippen molar-refractivity contribution in [2.75, 3.05) is 0 Å². The van der Waals surface area contributed by atoms with Crippen molar-refractivity contribution < 1.29 is 0 Å². The zero-order valence-electron chi connectivity index (χ0n) is 7.85. The molecule has 0 atom stereocenters. The summed E-state index contributed by atoms with van der Waals surface area (Å²) in [5.74, 6) is 0. The molecule has 0 fully saturated rings. The van der Waals surface area contributed by atoms with E-state index in [9.17, 15) is 0 Å². The maximum absolute atomic E-state index is 3.24. The molecule has 1 aliphatic heterocycles. The molecule has 1 N–H and O–H groups in total. The van der Waals surface area contributed by atoms with Gasteiger partial charge in [-0.15, -0.1) is 11.3 Å². The molecule has 1 aromatic heterocycles. The molecule has 0 unspecified atom stereocenters. The van der Waals surface area contributed by atoms with Crippen molar-refractivity contribution in [2.24, 2.45) is 0 Å². The van der Waals surface area contributed by atoms with Gasteiger partial charge in [-0.25, -0.2) is 0 Å². The van der Waals surface area contributed by atoms with Gasteiger partial charge >= 0.3 is 0 Å². The molecule has 0 saturated heterocycles. The van der Waals surface area contributed by atoms with Crippen molar-refractivity contribution in [2.45, 2.75) is 25.0 Å². The number of hydrogen-bond acceptors (Lipinski definition) is 3. The SMILES string of the molecule is CC.CC1=Cc2cc(I)sc2SN1. The molecule has 13 heavy (non-hydrogen) atoms. The molecule has 2 rings (SSSR count). The summed E-state index contributed by atoms with van der Waals surface area (Å²) in [6, 6.07) is 2.22. The van der Waals surface area contributed by atoms with Gasteiger partial charge in [0.05, 0.1) is 7.09 Å². The Balaban J connectivity index is 0.000000396. The van der Waals surface area contributed by atoms with Crippen LogP contribution >= 0.6 is 45.9 Å². The summed E-state index contributed by atoms with van der Waals surface area (Å²) >= 11 is 5.90. The van der Waals surface area contributed by atoms with Gasteiger partial charge < -0.3 is 4.72 Å². The van der Waals surface area contributed by atoms with E-state index >= 15 is 0 Å². The fraction of sp³-hybridized carbons (Fsp3) is 0.333. The van der Waals surface area contributed by atoms with E-state index in [2.05, 4.69) is 46.4 Å². The number of hydrogen-bond donors (Lipinski definition) is 1. The van der Waals surface area contributed by atoms with E-state index in [0.29, 0.717) is 0 Å². The Morgan fingerprint density at radius 1 is 1.38 bits per heavy atom. The first-order valence-corrected chi connectivity index (χ1v) is 6.87. The lowest BCUT2D eigenvalue weighted by molar-refractivity contribution is 1.20. The third-order valence-electron chi connectivity index (χ3n) is 1.37. The second-order valence-corrected chi connectivity index (χ2v) is 6.35. The number of rotatable bonds is 0. The summed E-state index contributed by atoms with van der Waals surface area (Å²) in [6.45, 7) is 6.08. The average molecular weight is 325 g/mol. The molecule has 0 spiro atoms. The summed E-state index contributed by atoms with van der Waals surface area (Å²) in [7, 11) is 0. The molecule has 1 aromatic rings. The molecular weight excluding hydrogens is 313 g/mol. The van der Waals surface area contributed by atoms with E-state index in [0.717, 1.165) is 0 Å². The summed E-state index contributed by atoms with van der Waals surface area (Å²) in [4.78, 5) is 0. The Morgan fingerprint density at radius 2 is 2.08 bits per heavy atom. The van der Waals surface area contributed by atoms with E-state index in [4.69, 9.17) is 0 Å². The van der Waals surface area contributed by atoms with Crippen molar-refractivity contribution in [1.29, 1.82) is 0 Å². The van der Waals surface area contributed by atoms with Crippen LogP contribution < -0.4 is 4.72 Å². The van der Waals surface area contributed by atoms with Crippen LogP contribution in [0.15, 0.2) is 16.0 Å². The van der Waals surface area contributed by atoms with Crippen molar-refractivity contribution in [3.05, 3.63) is 20.2 Å². The fourth-order valence-corrected chi connectivity index (χ4v) is 4.08. The lowest BCUT2D eigenvalue weighted by atomic mass is 10.3. The van der Waals surface area contributed by atoms with E-state index in [-0.39, 0.29) is 0 Å². The smallest absolute Gasteiger partial charge is 0.0892 e. The number of nitrogens with one attached hydrogen (secondary N) is 1. The van der Waals surface area contributed by atoms with Crippen LogP contribution in [0.4, 0.5) is 0 Å². The molecule has 0 radical (unpaired) electrons. The van der Waals surface area contributed by atoms with Gasteiger partial charge in [0.15, 0.2) is 0 Å². The first kappa shape index (κ1) is 11.4. The van der Waals surface area contributed by atoms with Crippen molar-refractivity contribution in [3.63, 3.8) is 0 Å². The van der Waals surface area contributed by atoms with E-state index in [1.165, 1.54) is 18.4 Å². The monoisotopic (exact) mass is 325 g/mol. The van der Waals surface area contributed by atoms with Gasteiger partial charge in [-0.3, -0.25) is 0 Å². The number of fused-ring (bicyclic) bond motifs is 1. The van der Waals surface area contributed by atoms with Crippen LogP contribution in [-0.2, 0) is 0 Å². The molecule has 0 bridgehead atoms. The van der Waals surface area contributed by atoms with Gasteiger partial charge in [0.25, 0.3) is 0 Å². The molecular formula is C9H12INS2. The van der Waals surface area contributed by atoms with E-state index < -0.39 is 0 Å². The third-order valence-corrected chi connectivity index (χ3v) is 4.42. The number of thiophene rings is 1. The topological polar surface area (TPSA) is 12.0 Å². The number of allylic oxidation sites excluding steroid dienone is 1. The fourth-order valence-electron chi connectivity index (χ4n) is 0.928. The van der Waals surface area contributed by atoms with Crippen molar-refractivity contribution >= 4 is 52.0 Å². The van der Waals surface area contributed by atoms with Gasteiger partial charge in [0.1, 0.15) is 0 Å². The Kier molecular flexibility index (Phi) is 4.61. The minimum absolute atomic E-state index is 1.23. The van der Waals surface area contributed by atoms with Crippen LogP contribution in [0.1, 0.15) is 26.3 Å². The van der Waals surface area contributed by atoms with E-state index in [1.54, 1.807) is 11.9 Å². The first-order chi connectivity index (χ1) is 6.25. The first-order valence-electron chi connectivity index (χ1n) is 4.16. The molecule has 1 aliphatic rings. The quantitative estimate of drug-likeness (QED) is 0.562. The Morgan fingerprint density at radius 3 is 2.77 bits per heavy atom. The van der Waals surface area contributed by atoms with Crippen molar-refractivity contribution in [1.82, 2.24) is 4.72 Å². The van der Waals surface area contributed by atoms with Crippen LogP contribution in [0.25, 0.3) is 6.08 Å². The highest BCUT2D eigenvalue weighted by Crippen LogP contribution is 2.35. The highest BCUT2D eigenvalue weighted by Gasteiger charge is 2.10. The maximum Gasteiger partial charge on any atom is 0.0892 e. The number of halogens is 1. The minimum atomic E-state index is 1.23. The van der Waals surface area contributed by atoms with Gasteiger partial charge in [0.2, 0.25) is 0 Å². The Hall–Kier alpha value is 0.320. The van der Waals surface area contributed by atoms with Crippen LogP contribution in [-0.4, -0.2) is 0 Å². The van der Waals surface area contributed by atoms with Crippen LogP contribution in [0.3, 0.4) is 0 Å². The summed E-state index contributed by atoms with van der Waals surface area (Å²) in [6.07, 6.45) is 2.19. The molecule has 0 amide bonds. The van der Waals surface area contributed by atoms with Crippen molar-refractivity contribution in [3.8, 4) is 0 Å². The molecule has 0 aliphatic carbocycles. The second-order valence-electron chi connectivity index (χ2n) is 2.32. The maximum atomic E-state index is 3.24. The lowest BCUT2D eigenvalue weighted by Crippen LogP contribution is -2.02. The second kappa shape index (κ2) is 5.26. The molecule has 4 heteroatoms. The molecule has 2 heterocycles. The largest absolute Gasteiger partial charge is 0.329 e. The van der Waals surface area contributed by atoms with Gasteiger partial charge in [-0.05, 0) is 53.6 Å². The van der Waals surface area contributed by atoms with Gasteiger partial charge in [-0.1, -0.05) is 13.8 Å². The minimum Gasteiger partial charge on any atom is -0.329 e. The van der Waals surface area contributed by atoms with E-state index in [1.807, 2.05) is 25.2 Å². The standard InChI is InChI=1S/C7H6INS2.C2H6/c1-4-2-5-3-6(8)10-7(5)11-9-4;1-2/h2-3,9H,1H3;1-2H3. The van der Waals surface area contributed by atoms with Gasteiger partial charge in [0, 0.05) is 11.3 Å². The molecule has 1 nitrogen and oxygen atoms in total. The normalized spacial score (nSPS) is 13.4. The molecule has 0 saturated carbocycles. The average Bonchev–Trinajstić information content (AvgIpc) is 2.48.